The minimum atomic E-state index is -0.380. The molecular formula is C11H11N3O2. The minimum absolute atomic E-state index is 0.100. The highest BCUT2D eigenvalue weighted by atomic mass is 16.3. The van der Waals surface area contributed by atoms with E-state index in [1.165, 1.54) is 13.2 Å². The van der Waals surface area contributed by atoms with E-state index in [0.29, 0.717) is 16.6 Å². The third-order valence-corrected chi connectivity index (χ3v) is 2.34. The first-order chi connectivity index (χ1) is 7.63. The van der Waals surface area contributed by atoms with Crippen LogP contribution in [0.15, 0.2) is 24.4 Å². The Kier molecular flexibility index (Phi) is 2.36. The summed E-state index contributed by atoms with van der Waals surface area (Å²) in [6.07, 6.45) is 1.34. The number of nitrogens with one attached hydrogen (secondary N) is 1. The smallest absolute Gasteiger partial charge is 0.256 e. The van der Waals surface area contributed by atoms with Gasteiger partial charge in [0.2, 0.25) is 0 Å². The molecule has 0 unspecified atom stereocenters. The molecule has 0 saturated heterocycles. The number of nitrogen functional groups attached to an aromatic ring is 1. The summed E-state index contributed by atoms with van der Waals surface area (Å²) in [6, 6.07) is 4.97. The Morgan fingerprint density at radius 2 is 2.25 bits per heavy atom. The van der Waals surface area contributed by atoms with Crippen LogP contribution in [0.3, 0.4) is 0 Å². The average molecular weight is 217 g/mol. The molecule has 1 amide bonds. The van der Waals surface area contributed by atoms with Gasteiger partial charge in [0, 0.05) is 24.3 Å². The second kappa shape index (κ2) is 3.69. The molecule has 1 aromatic heterocycles. The van der Waals surface area contributed by atoms with Crippen LogP contribution in [0, 0.1) is 0 Å². The van der Waals surface area contributed by atoms with Gasteiger partial charge < -0.3 is 16.2 Å². The van der Waals surface area contributed by atoms with Crippen molar-refractivity contribution in [3.8, 4) is 5.75 Å². The van der Waals surface area contributed by atoms with E-state index >= 15 is 0 Å². The zero-order valence-corrected chi connectivity index (χ0v) is 8.69. The summed E-state index contributed by atoms with van der Waals surface area (Å²) < 4.78 is 0. The van der Waals surface area contributed by atoms with Gasteiger partial charge in [-0.3, -0.25) is 9.78 Å². The number of amides is 1. The molecule has 1 aromatic carbocycles. The predicted molar refractivity (Wildman–Crippen MR) is 61.2 cm³/mol. The Labute approximate surface area is 91.9 Å². The van der Waals surface area contributed by atoms with Crippen LogP contribution >= 0.6 is 0 Å². The number of hydrogen-bond acceptors (Lipinski definition) is 4. The number of carbonyl (C=O) groups excluding carboxylic acids is 1. The number of pyridine rings is 1. The first kappa shape index (κ1) is 10.2. The Morgan fingerprint density at radius 3 is 2.94 bits per heavy atom. The van der Waals surface area contributed by atoms with Crippen LogP contribution in [0.25, 0.3) is 10.9 Å². The van der Waals surface area contributed by atoms with E-state index < -0.39 is 0 Å². The van der Waals surface area contributed by atoms with Crippen LogP contribution in [0.2, 0.25) is 0 Å². The molecule has 0 aliphatic carbocycles. The van der Waals surface area contributed by atoms with E-state index in [2.05, 4.69) is 10.3 Å². The van der Waals surface area contributed by atoms with E-state index in [1.54, 1.807) is 18.2 Å². The standard InChI is InChI=1S/C11H11N3O2/c1-13-11(16)8-5-14-9-3-2-6(12)4-7(9)10(8)15/h2-5H,12H2,1H3,(H,13,16)(H,14,15). The SMILES string of the molecule is CNC(=O)c1cnc2ccc(N)cc2c1O. The Bertz CT molecular complexity index is 566. The van der Waals surface area contributed by atoms with Gasteiger partial charge >= 0.3 is 0 Å². The lowest BCUT2D eigenvalue weighted by molar-refractivity contribution is 0.0960. The fourth-order valence-electron chi connectivity index (χ4n) is 1.50. The zero-order valence-electron chi connectivity index (χ0n) is 8.69. The predicted octanol–water partition coefficient (Wildman–Crippen LogP) is 0.882. The fraction of sp³-hybridized carbons (Fsp3) is 0.0909. The van der Waals surface area contributed by atoms with Crippen molar-refractivity contribution in [3.63, 3.8) is 0 Å². The third kappa shape index (κ3) is 1.52. The highest BCUT2D eigenvalue weighted by molar-refractivity contribution is 6.02. The summed E-state index contributed by atoms with van der Waals surface area (Å²) in [5, 5.41) is 12.8. The molecule has 0 atom stereocenters. The fourth-order valence-corrected chi connectivity index (χ4v) is 1.50. The molecule has 0 fully saturated rings. The van der Waals surface area contributed by atoms with Crippen LogP contribution in [0.1, 0.15) is 10.4 Å². The molecule has 82 valence electrons. The maximum absolute atomic E-state index is 11.4. The molecule has 0 aliphatic rings. The lowest BCUT2D eigenvalue weighted by atomic mass is 10.1. The van der Waals surface area contributed by atoms with Crippen molar-refractivity contribution in [3.05, 3.63) is 30.0 Å². The quantitative estimate of drug-likeness (QED) is 0.619. The highest BCUT2D eigenvalue weighted by Gasteiger charge is 2.13. The van der Waals surface area contributed by atoms with Gasteiger partial charge in [-0.15, -0.1) is 0 Å². The van der Waals surface area contributed by atoms with Crippen LogP contribution in [-0.2, 0) is 0 Å². The summed E-state index contributed by atoms with van der Waals surface area (Å²) in [5.41, 5.74) is 6.86. The summed E-state index contributed by atoms with van der Waals surface area (Å²) in [7, 11) is 1.49. The lowest BCUT2D eigenvalue weighted by Gasteiger charge is -2.06. The topological polar surface area (TPSA) is 88.2 Å². The van der Waals surface area contributed by atoms with Crippen LogP contribution < -0.4 is 11.1 Å². The largest absolute Gasteiger partial charge is 0.506 e. The molecule has 2 aromatic rings. The number of nitrogens with two attached hydrogens (primary N) is 1. The molecule has 0 radical (unpaired) electrons. The molecule has 0 bridgehead atoms. The molecular weight excluding hydrogens is 206 g/mol. The van der Waals surface area contributed by atoms with Crippen LogP contribution in [0.4, 0.5) is 5.69 Å². The molecule has 5 nitrogen and oxygen atoms in total. The average Bonchev–Trinajstić information content (AvgIpc) is 2.29. The van der Waals surface area contributed by atoms with E-state index in [1.807, 2.05) is 0 Å². The number of aromatic hydroxyl groups is 1. The molecule has 0 saturated carbocycles. The Hall–Kier alpha value is -2.30. The molecule has 16 heavy (non-hydrogen) atoms. The Balaban J connectivity index is 2.72. The van der Waals surface area contributed by atoms with Gasteiger partial charge in [-0.05, 0) is 18.2 Å². The molecule has 5 heteroatoms. The van der Waals surface area contributed by atoms with Crippen molar-refractivity contribution in [2.45, 2.75) is 0 Å². The maximum Gasteiger partial charge on any atom is 0.256 e. The summed E-state index contributed by atoms with van der Waals surface area (Å²) in [5.74, 6) is -0.481. The van der Waals surface area contributed by atoms with Crippen LogP contribution in [-0.4, -0.2) is 23.0 Å². The van der Waals surface area contributed by atoms with E-state index in [0.717, 1.165) is 0 Å². The maximum atomic E-state index is 11.4. The number of hydrogen-bond donors (Lipinski definition) is 3. The first-order valence-corrected chi connectivity index (χ1v) is 4.72. The number of carbonyl (C=O) groups is 1. The summed E-state index contributed by atoms with van der Waals surface area (Å²) in [4.78, 5) is 15.5. The van der Waals surface area contributed by atoms with Gasteiger partial charge in [0.25, 0.3) is 5.91 Å². The van der Waals surface area contributed by atoms with E-state index in [4.69, 9.17) is 5.73 Å². The van der Waals surface area contributed by atoms with Gasteiger partial charge in [-0.2, -0.15) is 0 Å². The van der Waals surface area contributed by atoms with Crippen molar-refractivity contribution in [1.29, 1.82) is 0 Å². The van der Waals surface area contributed by atoms with Crippen molar-refractivity contribution in [1.82, 2.24) is 10.3 Å². The number of aromatic nitrogens is 1. The second-order valence-electron chi connectivity index (χ2n) is 3.38. The lowest BCUT2D eigenvalue weighted by Crippen LogP contribution is -2.18. The minimum Gasteiger partial charge on any atom is -0.506 e. The molecule has 2 rings (SSSR count). The normalized spacial score (nSPS) is 10.3. The van der Waals surface area contributed by atoms with Gasteiger partial charge in [-0.1, -0.05) is 0 Å². The summed E-state index contributed by atoms with van der Waals surface area (Å²) >= 11 is 0. The van der Waals surface area contributed by atoms with Gasteiger partial charge in [-0.25, -0.2) is 0 Å². The second-order valence-corrected chi connectivity index (χ2v) is 3.38. The van der Waals surface area contributed by atoms with Crippen molar-refractivity contribution >= 4 is 22.5 Å². The number of fused-ring (bicyclic) bond motifs is 1. The first-order valence-electron chi connectivity index (χ1n) is 4.72. The molecule has 4 N–H and O–H groups in total. The van der Waals surface area contributed by atoms with Crippen molar-refractivity contribution in [2.75, 3.05) is 12.8 Å². The number of anilines is 1. The third-order valence-electron chi connectivity index (χ3n) is 2.34. The van der Waals surface area contributed by atoms with Crippen molar-refractivity contribution < 1.29 is 9.90 Å². The molecule has 0 aliphatic heterocycles. The van der Waals surface area contributed by atoms with E-state index in [-0.39, 0.29) is 17.2 Å². The number of nitrogens with zero attached hydrogens (tertiary/aromatic N) is 1. The van der Waals surface area contributed by atoms with Crippen molar-refractivity contribution in [2.24, 2.45) is 0 Å². The van der Waals surface area contributed by atoms with Crippen LogP contribution in [0.5, 0.6) is 5.75 Å². The van der Waals surface area contributed by atoms with Gasteiger partial charge in [0.1, 0.15) is 11.3 Å². The number of benzene rings is 1. The molecule has 0 spiro atoms. The Morgan fingerprint density at radius 1 is 1.50 bits per heavy atom. The monoisotopic (exact) mass is 217 g/mol. The van der Waals surface area contributed by atoms with Gasteiger partial charge in [0.15, 0.2) is 0 Å². The number of rotatable bonds is 1. The zero-order chi connectivity index (χ0) is 11.7. The molecule has 1 heterocycles. The van der Waals surface area contributed by atoms with Gasteiger partial charge in [0.05, 0.1) is 5.52 Å². The highest BCUT2D eigenvalue weighted by Crippen LogP contribution is 2.28. The van der Waals surface area contributed by atoms with E-state index in [9.17, 15) is 9.90 Å². The summed E-state index contributed by atoms with van der Waals surface area (Å²) in [6.45, 7) is 0.